The molecule has 2 fully saturated rings. The van der Waals surface area contributed by atoms with Crippen molar-refractivity contribution in [2.45, 2.75) is 51.0 Å². The molecule has 162 valence electrons. The zero-order chi connectivity index (χ0) is 22.1. The monoisotopic (exact) mass is 440 g/mol. The second-order valence-corrected chi connectivity index (χ2v) is 8.25. The number of carboxylic acids is 1. The summed E-state index contributed by atoms with van der Waals surface area (Å²) in [7, 11) is 0. The third-order valence-corrected chi connectivity index (χ3v) is 4.67. The number of esters is 1. The predicted octanol–water partition coefficient (Wildman–Crippen LogP) is 0.0388. The average Bonchev–Trinajstić information content (AvgIpc) is 3.37. The van der Waals surface area contributed by atoms with Gasteiger partial charge in [0.2, 0.25) is 0 Å². The van der Waals surface area contributed by atoms with E-state index >= 15 is 0 Å². The molecule has 0 radical (unpaired) electrons. The van der Waals surface area contributed by atoms with Gasteiger partial charge in [0.05, 0.1) is 11.9 Å². The highest BCUT2D eigenvalue weighted by molar-refractivity contribution is 7.07. The fourth-order valence-corrected chi connectivity index (χ4v) is 3.23. The maximum atomic E-state index is 12.8. The highest BCUT2D eigenvalue weighted by Gasteiger charge is 2.59. The zero-order valence-corrected chi connectivity index (χ0v) is 17.2. The standard InChI is InChI=1S/C17H20N4O8S/c1-16(2,3)29-20-12(10-7-30-8-18-10)13(23)19-9-6-27-21(14(9)24)17(15(25)26)5-4-11(22)28-17/h7-9H,4-6H2,1-3H3,(H,19,23)(H,25,26)/b20-12-/t9-,17?/m0/s1. The van der Waals surface area contributed by atoms with Crippen molar-refractivity contribution < 1.29 is 38.7 Å². The summed E-state index contributed by atoms with van der Waals surface area (Å²) in [5, 5.41) is 17.9. The van der Waals surface area contributed by atoms with Crippen LogP contribution >= 0.6 is 11.3 Å². The minimum absolute atomic E-state index is 0.155. The summed E-state index contributed by atoms with van der Waals surface area (Å²) in [6.07, 6.45) is -0.445. The molecule has 2 aliphatic heterocycles. The van der Waals surface area contributed by atoms with Crippen molar-refractivity contribution in [2.75, 3.05) is 6.61 Å². The smallest absolute Gasteiger partial charge is 0.372 e. The number of carboxylic acid groups (broad SMARTS) is 1. The molecule has 2 aliphatic rings. The number of nitrogens with zero attached hydrogens (tertiary/aromatic N) is 3. The number of ether oxygens (including phenoxy) is 1. The molecule has 12 nitrogen and oxygen atoms in total. The third kappa shape index (κ3) is 4.26. The first-order valence-electron chi connectivity index (χ1n) is 8.91. The molecule has 1 aromatic rings. The van der Waals surface area contributed by atoms with Crippen LogP contribution in [0, 0.1) is 0 Å². The van der Waals surface area contributed by atoms with Crippen molar-refractivity contribution in [3.05, 3.63) is 16.6 Å². The molecular weight excluding hydrogens is 420 g/mol. The largest absolute Gasteiger partial charge is 0.477 e. The Hall–Kier alpha value is -3.06. The van der Waals surface area contributed by atoms with Crippen LogP contribution in [0.4, 0.5) is 0 Å². The second kappa shape index (κ2) is 7.99. The van der Waals surface area contributed by atoms with Crippen LogP contribution in [0.25, 0.3) is 0 Å². The van der Waals surface area contributed by atoms with E-state index in [-0.39, 0.29) is 30.9 Å². The highest BCUT2D eigenvalue weighted by Crippen LogP contribution is 2.34. The van der Waals surface area contributed by atoms with Crippen molar-refractivity contribution in [3.8, 4) is 0 Å². The number of aliphatic carboxylic acids is 1. The molecule has 0 spiro atoms. The lowest BCUT2D eigenvalue weighted by Gasteiger charge is -2.30. The van der Waals surface area contributed by atoms with Gasteiger partial charge >= 0.3 is 17.7 Å². The Bertz CT molecular complexity index is 894. The molecule has 0 aromatic carbocycles. The summed E-state index contributed by atoms with van der Waals surface area (Å²) < 4.78 is 4.88. The Balaban J connectivity index is 1.77. The van der Waals surface area contributed by atoms with Crippen molar-refractivity contribution in [1.29, 1.82) is 0 Å². The topological polar surface area (TPSA) is 157 Å². The highest BCUT2D eigenvalue weighted by atomic mass is 32.1. The number of nitrogens with one attached hydrogen (secondary N) is 1. The van der Waals surface area contributed by atoms with Crippen LogP contribution in [-0.2, 0) is 33.6 Å². The molecule has 2 amide bonds. The summed E-state index contributed by atoms with van der Waals surface area (Å²) >= 11 is 1.24. The van der Waals surface area contributed by atoms with Crippen LogP contribution in [0.2, 0.25) is 0 Å². The Kier molecular flexibility index (Phi) is 5.76. The molecular formula is C17H20N4O8S. The van der Waals surface area contributed by atoms with Gasteiger partial charge in [-0.2, -0.15) is 5.06 Å². The number of amides is 2. The number of cyclic esters (lactones) is 1. The molecule has 0 saturated carbocycles. The summed E-state index contributed by atoms with van der Waals surface area (Å²) in [6, 6.07) is -1.22. The summed E-state index contributed by atoms with van der Waals surface area (Å²) in [5.41, 5.74) is -1.33. The van der Waals surface area contributed by atoms with Crippen molar-refractivity contribution in [3.63, 3.8) is 0 Å². The lowest BCUT2D eigenvalue weighted by atomic mass is 10.1. The number of hydroxylamine groups is 2. The van der Waals surface area contributed by atoms with Crippen LogP contribution in [0.5, 0.6) is 0 Å². The summed E-state index contributed by atoms with van der Waals surface area (Å²) in [6.45, 7) is 4.89. The van der Waals surface area contributed by atoms with Gasteiger partial charge < -0.3 is 20.0 Å². The number of carbonyl (C=O) groups is 4. The molecule has 1 unspecified atom stereocenters. The first-order chi connectivity index (χ1) is 14.0. The first-order valence-corrected chi connectivity index (χ1v) is 9.85. The average molecular weight is 440 g/mol. The predicted molar refractivity (Wildman–Crippen MR) is 99.9 cm³/mol. The van der Waals surface area contributed by atoms with Gasteiger partial charge in [0.1, 0.15) is 23.9 Å². The molecule has 3 rings (SSSR count). The molecule has 2 atom stereocenters. The number of rotatable bonds is 6. The first kappa shape index (κ1) is 21.6. The van der Waals surface area contributed by atoms with E-state index in [9.17, 15) is 24.3 Å². The molecule has 1 aromatic heterocycles. The second-order valence-electron chi connectivity index (χ2n) is 7.54. The van der Waals surface area contributed by atoms with E-state index in [1.165, 1.54) is 16.8 Å². The van der Waals surface area contributed by atoms with E-state index in [0.29, 0.717) is 5.06 Å². The Morgan fingerprint density at radius 2 is 2.17 bits per heavy atom. The maximum absolute atomic E-state index is 12.8. The molecule has 2 saturated heterocycles. The van der Waals surface area contributed by atoms with Crippen molar-refractivity contribution in [1.82, 2.24) is 15.4 Å². The van der Waals surface area contributed by atoms with Gasteiger partial charge in [0, 0.05) is 11.8 Å². The number of thiazole rings is 1. The summed E-state index contributed by atoms with van der Waals surface area (Å²) in [4.78, 5) is 63.2. The lowest BCUT2D eigenvalue weighted by molar-refractivity contribution is -0.256. The fraction of sp³-hybridized carbons (Fsp3) is 0.529. The van der Waals surface area contributed by atoms with Gasteiger partial charge in [0.25, 0.3) is 11.8 Å². The Labute approximate surface area is 174 Å². The lowest BCUT2D eigenvalue weighted by Crippen LogP contribution is -2.57. The van der Waals surface area contributed by atoms with Gasteiger partial charge in [-0.25, -0.2) is 9.78 Å². The minimum atomic E-state index is -2.26. The van der Waals surface area contributed by atoms with Crippen molar-refractivity contribution in [2.24, 2.45) is 5.16 Å². The third-order valence-electron chi connectivity index (χ3n) is 4.09. The van der Waals surface area contributed by atoms with Crippen LogP contribution in [0.3, 0.4) is 0 Å². The van der Waals surface area contributed by atoms with Gasteiger partial charge in [-0.3, -0.25) is 19.2 Å². The fourth-order valence-electron chi connectivity index (χ4n) is 2.70. The minimum Gasteiger partial charge on any atom is -0.477 e. The number of hydrogen-bond acceptors (Lipinski definition) is 10. The maximum Gasteiger partial charge on any atom is 0.372 e. The van der Waals surface area contributed by atoms with E-state index in [1.807, 2.05) is 0 Å². The Morgan fingerprint density at radius 3 is 2.70 bits per heavy atom. The molecule has 2 N–H and O–H groups in total. The number of oxime groups is 1. The van der Waals surface area contributed by atoms with Crippen LogP contribution in [-0.4, -0.2) is 68.6 Å². The van der Waals surface area contributed by atoms with Gasteiger partial charge in [0.15, 0.2) is 5.71 Å². The molecule has 3 heterocycles. The number of hydrogen-bond donors (Lipinski definition) is 2. The van der Waals surface area contributed by atoms with Crippen molar-refractivity contribution >= 4 is 40.8 Å². The summed E-state index contributed by atoms with van der Waals surface area (Å²) in [5.74, 6) is -3.94. The number of carbonyl (C=O) groups excluding carboxylic acids is 3. The SMILES string of the molecule is CC(C)(C)O/N=C(\C(=O)N[C@H]1CON(C2(C(=O)O)CCC(=O)O2)C1=O)c1cscn1. The van der Waals surface area contributed by atoms with E-state index in [0.717, 1.165) is 0 Å². The van der Waals surface area contributed by atoms with Crippen LogP contribution in [0.1, 0.15) is 39.3 Å². The number of aromatic nitrogens is 1. The van der Waals surface area contributed by atoms with E-state index in [2.05, 4.69) is 15.5 Å². The van der Waals surface area contributed by atoms with Gasteiger partial charge in [-0.05, 0) is 20.8 Å². The van der Waals surface area contributed by atoms with E-state index in [1.54, 1.807) is 26.2 Å². The Morgan fingerprint density at radius 1 is 1.43 bits per heavy atom. The van der Waals surface area contributed by atoms with E-state index in [4.69, 9.17) is 14.4 Å². The van der Waals surface area contributed by atoms with Gasteiger partial charge in [-0.15, -0.1) is 11.3 Å². The quantitative estimate of drug-likeness (QED) is 0.354. The van der Waals surface area contributed by atoms with E-state index < -0.39 is 41.1 Å². The molecule has 13 heteroatoms. The normalized spacial score (nSPS) is 24.7. The zero-order valence-electron chi connectivity index (χ0n) is 16.4. The van der Waals surface area contributed by atoms with Crippen LogP contribution in [0.15, 0.2) is 16.0 Å². The van der Waals surface area contributed by atoms with Gasteiger partial charge in [-0.1, -0.05) is 5.16 Å². The molecule has 0 bridgehead atoms. The molecule has 0 aliphatic carbocycles. The molecule has 30 heavy (non-hydrogen) atoms. The van der Waals surface area contributed by atoms with Crippen LogP contribution < -0.4 is 5.32 Å².